The van der Waals surface area contributed by atoms with Crippen molar-refractivity contribution in [3.05, 3.63) is 89.0 Å². The Hall–Kier alpha value is -4.17. The van der Waals surface area contributed by atoms with Crippen molar-refractivity contribution in [1.82, 2.24) is 4.98 Å². The van der Waals surface area contributed by atoms with Gasteiger partial charge in [-0.1, -0.05) is 53.3 Å². The molecule has 5 rings (SSSR count). The maximum absolute atomic E-state index is 13.4. The van der Waals surface area contributed by atoms with Crippen LogP contribution in [0.3, 0.4) is 0 Å². The van der Waals surface area contributed by atoms with Crippen molar-refractivity contribution >= 4 is 44.1 Å². The van der Waals surface area contributed by atoms with Gasteiger partial charge in [0.05, 0.1) is 36.1 Å². The minimum absolute atomic E-state index is 0.00365. The Kier molecular flexibility index (Phi) is 5.74. The molecule has 3 aromatic carbocycles. The largest absolute Gasteiger partial charge is 0.507 e. The van der Waals surface area contributed by atoms with Crippen molar-refractivity contribution in [3.8, 4) is 11.5 Å². The van der Waals surface area contributed by atoms with E-state index in [4.69, 9.17) is 9.47 Å². The summed E-state index contributed by atoms with van der Waals surface area (Å²) in [6, 6.07) is 18.9. The Morgan fingerprint density at radius 2 is 1.69 bits per heavy atom. The van der Waals surface area contributed by atoms with E-state index in [-0.39, 0.29) is 11.3 Å². The van der Waals surface area contributed by atoms with Gasteiger partial charge in [-0.3, -0.25) is 14.5 Å². The van der Waals surface area contributed by atoms with Crippen LogP contribution in [0.5, 0.6) is 11.5 Å². The number of aliphatic hydroxyl groups excluding tert-OH is 1. The van der Waals surface area contributed by atoms with E-state index >= 15 is 0 Å². The Labute approximate surface area is 205 Å². The maximum atomic E-state index is 13.4. The molecule has 1 saturated heterocycles. The maximum Gasteiger partial charge on any atom is 0.301 e. The van der Waals surface area contributed by atoms with E-state index in [0.29, 0.717) is 33.3 Å². The second kappa shape index (κ2) is 8.88. The summed E-state index contributed by atoms with van der Waals surface area (Å²) in [5.41, 5.74) is 2.79. The zero-order valence-electron chi connectivity index (χ0n) is 19.3. The number of Topliss-reactive ketones (excluding diaryl/α,β-unsaturated/α-hetero) is 1. The molecule has 4 aromatic rings. The van der Waals surface area contributed by atoms with Crippen molar-refractivity contribution in [2.45, 2.75) is 13.0 Å². The number of amides is 1. The van der Waals surface area contributed by atoms with Crippen LogP contribution < -0.4 is 14.4 Å². The topological polar surface area (TPSA) is 89.0 Å². The Morgan fingerprint density at radius 1 is 0.971 bits per heavy atom. The van der Waals surface area contributed by atoms with Crippen LogP contribution >= 0.6 is 11.3 Å². The van der Waals surface area contributed by atoms with E-state index in [2.05, 4.69) is 4.98 Å². The zero-order valence-corrected chi connectivity index (χ0v) is 20.1. The molecular formula is C27H22N2O5S. The third-order valence-electron chi connectivity index (χ3n) is 5.97. The smallest absolute Gasteiger partial charge is 0.301 e. The van der Waals surface area contributed by atoms with Crippen LogP contribution in [0.15, 0.2) is 72.3 Å². The summed E-state index contributed by atoms with van der Waals surface area (Å²) >= 11 is 1.28. The molecule has 1 N–H and O–H groups in total. The van der Waals surface area contributed by atoms with Gasteiger partial charge in [0, 0.05) is 5.56 Å². The summed E-state index contributed by atoms with van der Waals surface area (Å²) in [7, 11) is 3.10. The number of rotatable bonds is 5. The number of hydrogen-bond acceptors (Lipinski definition) is 7. The van der Waals surface area contributed by atoms with E-state index in [1.165, 1.54) is 23.3 Å². The predicted octanol–water partition coefficient (Wildman–Crippen LogP) is 5.25. The van der Waals surface area contributed by atoms with Crippen molar-refractivity contribution in [2.75, 3.05) is 19.1 Å². The van der Waals surface area contributed by atoms with Gasteiger partial charge in [0.15, 0.2) is 5.13 Å². The molecular weight excluding hydrogens is 464 g/mol. The van der Waals surface area contributed by atoms with Crippen molar-refractivity contribution in [3.63, 3.8) is 0 Å². The van der Waals surface area contributed by atoms with Crippen molar-refractivity contribution < 1.29 is 24.2 Å². The number of thiazole rings is 1. The number of ketones is 1. The molecule has 1 amide bonds. The summed E-state index contributed by atoms with van der Waals surface area (Å²) in [5.74, 6) is -0.588. The number of benzene rings is 3. The second-order valence-corrected chi connectivity index (χ2v) is 9.15. The van der Waals surface area contributed by atoms with Gasteiger partial charge in [-0.05, 0) is 42.8 Å². The van der Waals surface area contributed by atoms with Crippen LogP contribution in [0.2, 0.25) is 0 Å². The SMILES string of the molecule is COc1cccc(C(O)=C2C(=O)C(=O)N(c3nc4ccc(OC)cc4s3)C2c2ccc(C)cc2)c1. The molecule has 35 heavy (non-hydrogen) atoms. The Balaban J connectivity index is 1.71. The normalized spacial score (nSPS) is 17.2. The lowest BCUT2D eigenvalue weighted by atomic mass is 9.95. The van der Waals surface area contributed by atoms with Crippen LogP contribution in [0, 0.1) is 6.92 Å². The fourth-order valence-corrected chi connectivity index (χ4v) is 5.16. The lowest BCUT2D eigenvalue weighted by Crippen LogP contribution is -2.29. The van der Waals surface area contributed by atoms with Gasteiger partial charge in [0.2, 0.25) is 0 Å². The summed E-state index contributed by atoms with van der Waals surface area (Å²) in [6.45, 7) is 1.96. The van der Waals surface area contributed by atoms with Gasteiger partial charge in [-0.2, -0.15) is 0 Å². The summed E-state index contributed by atoms with van der Waals surface area (Å²) in [5, 5.41) is 11.6. The fraction of sp³-hybridized carbons (Fsp3) is 0.148. The number of aromatic nitrogens is 1. The molecule has 1 aliphatic rings. The Bertz CT molecular complexity index is 1490. The number of ether oxygens (including phenoxy) is 2. The molecule has 0 bridgehead atoms. The van der Waals surface area contributed by atoms with Crippen molar-refractivity contribution in [2.24, 2.45) is 0 Å². The minimum atomic E-state index is -0.843. The first-order valence-electron chi connectivity index (χ1n) is 10.9. The highest BCUT2D eigenvalue weighted by Gasteiger charge is 2.48. The molecule has 1 unspecified atom stereocenters. The molecule has 0 spiro atoms. The van der Waals surface area contributed by atoms with E-state index in [0.717, 1.165) is 10.3 Å². The highest BCUT2D eigenvalue weighted by molar-refractivity contribution is 7.22. The average Bonchev–Trinajstić information content (AvgIpc) is 3.41. The first-order chi connectivity index (χ1) is 16.9. The molecule has 176 valence electrons. The fourth-order valence-electron chi connectivity index (χ4n) is 4.14. The van der Waals surface area contributed by atoms with Crippen LogP contribution in [0.4, 0.5) is 5.13 Å². The van der Waals surface area contributed by atoms with Gasteiger partial charge < -0.3 is 14.6 Å². The zero-order chi connectivity index (χ0) is 24.7. The van der Waals surface area contributed by atoms with Gasteiger partial charge >= 0.3 is 5.91 Å². The number of aliphatic hydroxyl groups is 1. The number of fused-ring (bicyclic) bond motifs is 1. The summed E-state index contributed by atoms with van der Waals surface area (Å²) < 4.78 is 11.4. The molecule has 1 aliphatic heterocycles. The minimum Gasteiger partial charge on any atom is -0.507 e. The molecule has 1 atom stereocenters. The highest BCUT2D eigenvalue weighted by atomic mass is 32.1. The monoisotopic (exact) mass is 486 g/mol. The van der Waals surface area contributed by atoms with Gasteiger partial charge in [0.1, 0.15) is 17.3 Å². The number of carbonyl (C=O) groups is 2. The van der Waals surface area contributed by atoms with E-state index in [1.807, 2.05) is 43.3 Å². The molecule has 7 nitrogen and oxygen atoms in total. The molecule has 0 aliphatic carbocycles. The van der Waals surface area contributed by atoms with E-state index in [9.17, 15) is 14.7 Å². The number of methoxy groups -OCH3 is 2. The highest BCUT2D eigenvalue weighted by Crippen LogP contribution is 2.44. The summed E-state index contributed by atoms with van der Waals surface area (Å²) in [4.78, 5) is 32.7. The first kappa shape index (κ1) is 22.6. The van der Waals surface area contributed by atoms with Crippen molar-refractivity contribution in [1.29, 1.82) is 0 Å². The second-order valence-electron chi connectivity index (χ2n) is 8.14. The van der Waals surface area contributed by atoms with Crippen LogP contribution in [-0.2, 0) is 9.59 Å². The van der Waals surface area contributed by atoms with Crippen LogP contribution in [-0.4, -0.2) is 36.0 Å². The number of aryl methyl sites for hydroxylation is 1. The standard InChI is InChI=1S/C27H22N2O5S/c1-15-7-9-16(10-8-15)23-22(24(30)17-5-4-6-18(13-17)33-2)25(31)26(32)29(23)27-28-20-12-11-19(34-3)14-21(20)35-27/h4-14,23,30H,1-3H3. The van der Waals surface area contributed by atoms with Gasteiger partial charge in [-0.15, -0.1) is 0 Å². The van der Waals surface area contributed by atoms with E-state index < -0.39 is 17.7 Å². The lowest BCUT2D eigenvalue weighted by molar-refractivity contribution is -0.132. The predicted molar refractivity (Wildman–Crippen MR) is 135 cm³/mol. The van der Waals surface area contributed by atoms with Gasteiger partial charge in [-0.25, -0.2) is 4.98 Å². The lowest BCUT2D eigenvalue weighted by Gasteiger charge is -2.23. The molecule has 1 fully saturated rings. The van der Waals surface area contributed by atoms with Gasteiger partial charge in [0.25, 0.3) is 5.78 Å². The number of nitrogens with zero attached hydrogens (tertiary/aromatic N) is 2. The number of hydrogen-bond donors (Lipinski definition) is 1. The molecule has 1 aromatic heterocycles. The van der Waals surface area contributed by atoms with Crippen LogP contribution in [0.1, 0.15) is 22.7 Å². The third-order valence-corrected chi connectivity index (χ3v) is 6.99. The van der Waals surface area contributed by atoms with Crippen LogP contribution in [0.25, 0.3) is 16.0 Å². The molecule has 0 saturated carbocycles. The quantitative estimate of drug-likeness (QED) is 0.236. The Morgan fingerprint density at radius 3 is 2.40 bits per heavy atom. The van der Waals surface area contributed by atoms with E-state index in [1.54, 1.807) is 37.4 Å². The molecule has 2 heterocycles. The average molecular weight is 487 g/mol. The third kappa shape index (κ3) is 3.91. The summed E-state index contributed by atoms with van der Waals surface area (Å²) in [6.07, 6.45) is 0. The number of anilines is 1. The molecule has 0 radical (unpaired) electrons. The number of carbonyl (C=O) groups excluding carboxylic acids is 2. The molecule has 8 heteroatoms. The first-order valence-corrected chi connectivity index (χ1v) is 11.7.